The number of rotatable bonds is 0. The lowest BCUT2D eigenvalue weighted by molar-refractivity contribution is -0.140. The van der Waals surface area contributed by atoms with Crippen LogP contribution >= 0.6 is 11.6 Å². The molecular weight excluding hydrogens is 268 g/mol. The Hall–Kier alpha value is -0.530. The highest BCUT2D eigenvalue weighted by Gasteiger charge is 2.60. The van der Waals surface area contributed by atoms with Crippen LogP contribution in [0.1, 0.15) is 65.0 Å². The van der Waals surface area contributed by atoms with Crippen LogP contribution in [0.3, 0.4) is 0 Å². The topological polar surface area (TPSA) is 20.2 Å². The zero-order valence-electron chi connectivity index (χ0n) is 13.2. The van der Waals surface area contributed by atoms with Crippen LogP contribution in [-0.4, -0.2) is 5.11 Å². The van der Waals surface area contributed by atoms with Crippen molar-refractivity contribution >= 4 is 11.6 Å². The molecular formula is C18H25ClO. The van der Waals surface area contributed by atoms with Crippen molar-refractivity contribution in [2.45, 2.75) is 64.9 Å². The van der Waals surface area contributed by atoms with Crippen LogP contribution in [0.25, 0.3) is 0 Å². The molecule has 0 aromatic heterocycles. The highest BCUT2D eigenvalue weighted by atomic mass is 35.5. The second-order valence-electron chi connectivity index (χ2n) is 8.58. The Bertz CT molecular complexity index is 575. The maximum Gasteiger partial charge on any atom is 0.0925 e. The van der Waals surface area contributed by atoms with Crippen LogP contribution in [0, 0.1) is 10.8 Å². The monoisotopic (exact) mass is 292 g/mol. The minimum atomic E-state index is -0.788. The van der Waals surface area contributed by atoms with E-state index in [1.807, 2.05) is 19.1 Å². The Kier molecular flexibility index (Phi) is 2.74. The predicted molar refractivity (Wildman–Crippen MR) is 84.1 cm³/mol. The Morgan fingerprint density at radius 1 is 0.950 bits per heavy atom. The van der Waals surface area contributed by atoms with E-state index in [9.17, 15) is 5.11 Å². The lowest BCUT2D eigenvalue weighted by atomic mass is 9.44. The predicted octanol–water partition coefficient (Wildman–Crippen LogP) is 5.04. The van der Waals surface area contributed by atoms with E-state index in [4.69, 9.17) is 11.6 Å². The minimum absolute atomic E-state index is 0.0790. The quantitative estimate of drug-likeness (QED) is 0.710. The van der Waals surface area contributed by atoms with Crippen LogP contribution in [-0.2, 0) is 11.0 Å². The molecule has 2 heteroatoms. The molecule has 3 rings (SSSR count). The van der Waals surface area contributed by atoms with Gasteiger partial charge in [0.25, 0.3) is 0 Å². The lowest BCUT2D eigenvalue weighted by Crippen LogP contribution is -2.57. The average Bonchev–Trinajstić information content (AvgIpc) is 2.23. The molecule has 1 nitrogen and oxygen atoms in total. The van der Waals surface area contributed by atoms with Gasteiger partial charge in [0.15, 0.2) is 0 Å². The first-order valence-electron chi connectivity index (χ1n) is 7.52. The Morgan fingerprint density at radius 2 is 1.60 bits per heavy atom. The van der Waals surface area contributed by atoms with E-state index < -0.39 is 5.60 Å². The maximum absolute atomic E-state index is 11.3. The van der Waals surface area contributed by atoms with Crippen molar-refractivity contribution in [3.05, 3.63) is 34.3 Å². The fraction of sp³-hybridized carbons (Fsp3) is 0.667. The minimum Gasteiger partial charge on any atom is -0.385 e. The molecule has 0 saturated heterocycles. The third kappa shape index (κ3) is 1.79. The molecule has 20 heavy (non-hydrogen) atoms. The summed E-state index contributed by atoms with van der Waals surface area (Å²) in [5.74, 6) is 0. The van der Waals surface area contributed by atoms with Gasteiger partial charge in [-0.05, 0) is 60.3 Å². The van der Waals surface area contributed by atoms with Crippen LogP contribution in [0.4, 0.5) is 0 Å². The van der Waals surface area contributed by atoms with Crippen molar-refractivity contribution in [3.8, 4) is 0 Å². The summed E-state index contributed by atoms with van der Waals surface area (Å²) in [5, 5.41) is 12.1. The zero-order chi connectivity index (χ0) is 15.0. The maximum atomic E-state index is 11.3. The molecule has 0 amide bonds. The van der Waals surface area contributed by atoms with Gasteiger partial charge in [-0.15, -0.1) is 0 Å². The average molecular weight is 293 g/mol. The van der Waals surface area contributed by atoms with Crippen LogP contribution < -0.4 is 0 Å². The van der Waals surface area contributed by atoms with Gasteiger partial charge in [0, 0.05) is 10.4 Å². The third-order valence-corrected chi connectivity index (χ3v) is 6.08. The number of hydrogen-bond acceptors (Lipinski definition) is 1. The first-order valence-corrected chi connectivity index (χ1v) is 7.90. The van der Waals surface area contributed by atoms with E-state index in [1.165, 1.54) is 5.56 Å². The van der Waals surface area contributed by atoms with E-state index in [2.05, 4.69) is 33.8 Å². The highest BCUT2D eigenvalue weighted by Crippen LogP contribution is 2.65. The molecule has 0 unspecified atom stereocenters. The van der Waals surface area contributed by atoms with Gasteiger partial charge in [-0.2, -0.15) is 0 Å². The molecule has 1 aromatic rings. The van der Waals surface area contributed by atoms with Crippen LogP contribution in [0.5, 0.6) is 0 Å². The first-order chi connectivity index (χ1) is 8.99. The second kappa shape index (κ2) is 3.81. The van der Waals surface area contributed by atoms with Gasteiger partial charge in [-0.25, -0.2) is 0 Å². The number of benzene rings is 1. The molecule has 2 aliphatic carbocycles. The fourth-order valence-electron chi connectivity index (χ4n) is 5.46. The van der Waals surface area contributed by atoms with Gasteiger partial charge in [-0.3, -0.25) is 0 Å². The van der Waals surface area contributed by atoms with Crippen molar-refractivity contribution in [2.75, 3.05) is 0 Å². The van der Waals surface area contributed by atoms with E-state index in [-0.39, 0.29) is 16.2 Å². The molecule has 3 atom stereocenters. The largest absolute Gasteiger partial charge is 0.385 e. The summed E-state index contributed by atoms with van der Waals surface area (Å²) < 4.78 is 0. The molecule has 0 radical (unpaired) electrons. The molecule has 1 N–H and O–H groups in total. The summed E-state index contributed by atoms with van der Waals surface area (Å²) in [4.78, 5) is 0. The second-order valence-corrected chi connectivity index (χ2v) is 9.01. The smallest absolute Gasteiger partial charge is 0.0925 e. The van der Waals surface area contributed by atoms with E-state index in [0.717, 1.165) is 29.8 Å². The zero-order valence-corrected chi connectivity index (χ0v) is 13.9. The molecule has 110 valence electrons. The number of aliphatic hydroxyl groups is 1. The number of fused-ring (bicyclic) bond motifs is 4. The number of halogens is 1. The molecule has 2 bridgehead atoms. The summed E-state index contributed by atoms with van der Waals surface area (Å²) in [6, 6.07) is 6.02. The van der Waals surface area contributed by atoms with E-state index >= 15 is 0 Å². The normalized spacial score (nSPS) is 42.1. The summed E-state index contributed by atoms with van der Waals surface area (Å²) in [7, 11) is 0. The molecule has 1 fully saturated rings. The SMILES string of the molecule is CC1(C)C[C@@]2(C)C[C@@](C)(C1)[C@](C)(O)c1ccc(Cl)cc12. The van der Waals surface area contributed by atoms with E-state index in [1.54, 1.807) is 0 Å². The summed E-state index contributed by atoms with van der Waals surface area (Å²) in [5.41, 5.74) is 1.81. The first kappa shape index (κ1) is 14.4. The van der Waals surface area contributed by atoms with Crippen molar-refractivity contribution in [1.82, 2.24) is 0 Å². The van der Waals surface area contributed by atoms with Crippen molar-refractivity contribution in [2.24, 2.45) is 10.8 Å². The summed E-state index contributed by atoms with van der Waals surface area (Å²) in [6.45, 7) is 11.2. The van der Waals surface area contributed by atoms with Gasteiger partial charge in [0.05, 0.1) is 5.60 Å². The molecule has 0 aliphatic heterocycles. The van der Waals surface area contributed by atoms with Crippen LogP contribution in [0.2, 0.25) is 5.02 Å². The van der Waals surface area contributed by atoms with Gasteiger partial charge in [0.1, 0.15) is 0 Å². The van der Waals surface area contributed by atoms with Crippen molar-refractivity contribution in [3.63, 3.8) is 0 Å². The van der Waals surface area contributed by atoms with Gasteiger partial charge in [0.2, 0.25) is 0 Å². The van der Waals surface area contributed by atoms with Crippen molar-refractivity contribution in [1.29, 1.82) is 0 Å². The molecule has 0 heterocycles. The molecule has 1 saturated carbocycles. The third-order valence-electron chi connectivity index (χ3n) is 5.85. The standard InChI is InChI=1S/C18H25ClO/c1-15(2)9-16(3)11-17(4,10-15)18(5,20)13-7-6-12(19)8-14(13)16/h6-8,20H,9-11H2,1-5H3/t16-,17+,18+/m0/s1. The van der Waals surface area contributed by atoms with Gasteiger partial charge in [-0.1, -0.05) is 45.4 Å². The van der Waals surface area contributed by atoms with Gasteiger partial charge < -0.3 is 5.11 Å². The lowest BCUT2D eigenvalue weighted by Gasteiger charge is -2.61. The van der Waals surface area contributed by atoms with E-state index in [0.29, 0.717) is 0 Å². The Morgan fingerprint density at radius 3 is 2.25 bits per heavy atom. The van der Waals surface area contributed by atoms with Crippen LogP contribution in [0.15, 0.2) is 18.2 Å². The molecule has 0 spiro atoms. The number of hydrogen-bond donors (Lipinski definition) is 1. The Balaban J connectivity index is 2.30. The fourth-order valence-corrected chi connectivity index (χ4v) is 5.63. The van der Waals surface area contributed by atoms with Crippen molar-refractivity contribution < 1.29 is 5.11 Å². The molecule has 1 aromatic carbocycles. The highest BCUT2D eigenvalue weighted by molar-refractivity contribution is 6.30. The van der Waals surface area contributed by atoms with Gasteiger partial charge >= 0.3 is 0 Å². The summed E-state index contributed by atoms with van der Waals surface area (Å²) >= 11 is 6.23. The summed E-state index contributed by atoms with van der Waals surface area (Å²) in [6.07, 6.45) is 3.24. The Labute approximate surface area is 127 Å². The molecule has 2 aliphatic rings.